The van der Waals surface area contributed by atoms with Gasteiger partial charge in [0.2, 0.25) is 0 Å². The van der Waals surface area contributed by atoms with Crippen LogP contribution in [0.3, 0.4) is 0 Å². The fraction of sp³-hybridized carbons (Fsp3) is 0.158. The molecule has 0 bridgehead atoms. The van der Waals surface area contributed by atoms with Gasteiger partial charge in [-0.15, -0.1) is 0 Å². The number of benzene rings is 2. The maximum absolute atomic E-state index is 11.7. The molecule has 1 aromatic heterocycles. The first kappa shape index (κ1) is 14.5. The molecule has 0 unspecified atom stereocenters. The van der Waals surface area contributed by atoms with Crippen LogP contribution in [0.2, 0.25) is 0 Å². The molecule has 1 aliphatic rings. The van der Waals surface area contributed by atoms with Gasteiger partial charge >= 0.3 is 5.97 Å². The number of aryl methyl sites for hydroxylation is 1. The van der Waals surface area contributed by atoms with Crippen LogP contribution in [0.25, 0.3) is 22.2 Å². The van der Waals surface area contributed by atoms with E-state index in [1.165, 1.54) is 0 Å². The summed E-state index contributed by atoms with van der Waals surface area (Å²) >= 11 is 0. The van der Waals surface area contributed by atoms with Crippen LogP contribution < -0.4 is 9.47 Å². The van der Waals surface area contributed by atoms with Gasteiger partial charge in [0, 0.05) is 17.0 Å². The largest absolute Gasteiger partial charge is 0.486 e. The molecule has 2 heterocycles. The summed E-state index contributed by atoms with van der Waals surface area (Å²) in [6.07, 6.45) is 0. The predicted octanol–water partition coefficient (Wildman–Crippen LogP) is 3.68. The van der Waals surface area contributed by atoms with E-state index >= 15 is 0 Å². The van der Waals surface area contributed by atoms with E-state index in [4.69, 9.17) is 9.47 Å². The second kappa shape index (κ2) is 5.53. The Balaban J connectivity index is 1.96. The van der Waals surface area contributed by atoms with E-state index in [0.29, 0.717) is 41.3 Å². The summed E-state index contributed by atoms with van der Waals surface area (Å²) in [5, 5.41) is 10.1. The SMILES string of the molecule is Cc1ccc(-c2cc(C(=O)O)c3cc4c(cc3n2)OCCO4)cc1. The second-order valence-corrected chi connectivity index (χ2v) is 5.74. The first-order valence-electron chi connectivity index (χ1n) is 7.66. The summed E-state index contributed by atoms with van der Waals surface area (Å²) in [7, 11) is 0. The van der Waals surface area contributed by atoms with Gasteiger partial charge in [0.1, 0.15) is 13.2 Å². The Labute approximate surface area is 138 Å². The van der Waals surface area contributed by atoms with E-state index in [1.54, 1.807) is 18.2 Å². The molecule has 0 atom stereocenters. The lowest BCUT2D eigenvalue weighted by molar-refractivity contribution is 0.0699. The lowest BCUT2D eigenvalue weighted by Gasteiger charge is -2.19. The molecule has 2 aromatic carbocycles. The second-order valence-electron chi connectivity index (χ2n) is 5.74. The van der Waals surface area contributed by atoms with Crippen LogP contribution in [-0.4, -0.2) is 29.3 Å². The molecule has 0 spiro atoms. The Hall–Kier alpha value is -3.08. The van der Waals surface area contributed by atoms with Gasteiger partial charge in [-0.05, 0) is 19.1 Å². The summed E-state index contributed by atoms with van der Waals surface area (Å²) < 4.78 is 11.1. The summed E-state index contributed by atoms with van der Waals surface area (Å²) in [4.78, 5) is 16.3. The molecule has 5 nitrogen and oxygen atoms in total. The molecule has 0 saturated heterocycles. The third kappa shape index (κ3) is 2.44. The number of rotatable bonds is 2. The smallest absolute Gasteiger partial charge is 0.336 e. The standard InChI is InChI=1S/C19H15NO4/c1-11-2-4-12(5-3-11)15-8-14(19(21)22)13-9-17-18(10-16(13)20-15)24-7-6-23-17/h2-5,8-10H,6-7H2,1H3,(H,21,22). The van der Waals surface area contributed by atoms with Crippen LogP contribution in [0.1, 0.15) is 15.9 Å². The molecule has 0 radical (unpaired) electrons. The topological polar surface area (TPSA) is 68.7 Å². The average Bonchev–Trinajstić information content (AvgIpc) is 2.59. The molecule has 0 aliphatic carbocycles. The maximum Gasteiger partial charge on any atom is 0.336 e. The Bertz CT molecular complexity index is 948. The highest BCUT2D eigenvalue weighted by molar-refractivity contribution is 6.04. The zero-order valence-electron chi connectivity index (χ0n) is 13.1. The predicted molar refractivity (Wildman–Crippen MR) is 89.9 cm³/mol. The number of carboxylic acid groups (broad SMARTS) is 1. The summed E-state index contributed by atoms with van der Waals surface area (Å²) in [5.74, 6) is 0.159. The minimum atomic E-state index is -0.993. The van der Waals surface area contributed by atoms with Crippen molar-refractivity contribution in [2.24, 2.45) is 0 Å². The lowest BCUT2D eigenvalue weighted by atomic mass is 10.0. The minimum absolute atomic E-state index is 0.201. The van der Waals surface area contributed by atoms with Crippen LogP contribution in [0.15, 0.2) is 42.5 Å². The molecule has 0 amide bonds. The van der Waals surface area contributed by atoms with E-state index in [-0.39, 0.29) is 5.56 Å². The number of pyridine rings is 1. The molecule has 5 heteroatoms. The number of hydrogen-bond donors (Lipinski definition) is 1. The van der Waals surface area contributed by atoms with E-state index in [0.717, 1.165) is 11.1 Å². The first-order chi connectivity index (χ1) is 11.6. The Morgan fingerprint density at radius 1 is 1.04 bits per heavy atom. The molecule has 1 aliphatic heterocycles. The van der Waals surface area contributed by atoms with Gasteiger partial charge in [0.05, 0.1) is 16.8 Å². The van der Waals surface area contributed by atoms with Crippen LogP contribution in [0.5, 0.6) is 11.5 Å². The number of hydrogen-bond acceptors (Lipinski definition) is 4. The molecule has 1 N–H and O–H groups in total. The van der Waals surface area contributed by atoms with Gasteiger partial charge in [-0.1, -0.05) is 29.8 Å². The Morgan fingerprint density at radius 3 is 2.38 bits per heavy atom. The molecule has 3 aromatic rings. The van der Waals surface area contributed by atoms with Crippen molar-refractivity contribution in [2.75, 3.05) is 13.2 Å². The summed E-state index contributed by atoms with van der Waals surface area (Å²) in [6.45, 7) is 2.93. The first-order valence-corrected chi connectivity index (χ1v) is 7.66. The zero-order chi connectivity index (χ0) is 16.7. The highest BCUT2D eigenvalue weighted by Gasteiger charge is 2.18. The van der Waals surface area contributed by atoms with Crippen molar-refractivity contribution in [1.29, 1.82) is 0 Å². The van der Waals surface area contributed by atoms with Crippen LogP contribution in [0.4, 0.5) is 0 Å². The Morgan fingerprint density at radius 2 is 1.71 bits per heavy atom. The van der Waals surface area contributed by atoms with Crippen molar-refractivity contribution in [3.8, 4) is 22.8 Å². The summed E-state index contributed by atoms with van der Waals surface area (Å²) in [5.41, 5.74) is 3.41. The normalized spacial score (nSPS) is 13.0. The fourth-order valence-corrected chi connectivity index (χ4v) is 2.81. The van der Waals surface area contributed by atoms with Crippen LogP contribution in [-0.2, 0) is 0 Å². The molecule has 0 saturated carbocycles. The van der Waals surface area contributed by atoms with Crippen molar-refractivity contribution in [1.82, 2.24) is 4.98 Å². The third-order valence-electron chi connectivity index (χ3n) is 4.05. The van der Waals surface area contributed by atoms with Gasteiger partial charge in [-0.3, -0.25) is 0 Å². The molecular formula is C19H15NO4. The van der Waals surface area contributed by atoms with Crippen molar-refractivity contribution in [3.05, 3.63) is 53.6 Å². The highest BCUT2D eigenvalue weighted by atomic mass is 16.6. The maximum atomic E-state index is 11.7. The van der Waals surface area contributed by atoms with Crippen molar-refractivity contribution in [2.45, 2.75) is 6.92 Å². The molecule has 120 valence electrons. The summed E-state index contributed by atoms with van der Waals surface area (Å²) in [6, 6.07) is 12.9. The van der Waals surface area contributed by atoms with Gasteiger partial charge < -0.3 is 14.6 Å². The van der Waals surface area contributed by atoms with Crippen molar-refractivity contribution < 1.29 is 19.4 Å². The van der Waals surface area contributed by atoms with Gasteiger partial charge in [0.25, 0.3) is 0 Å². The monoisotopic (exact) mass is 321 g/mol. The van der Waals surface area contributed by atoms with Gasteiger partial charge in [-0.2, -0.15) is 0 Å². The minimum Gasteiger partial charge on any atom is -0.486 e. The molecule has 0 fully saturated rings. The van der Waals surface area contributed by atoms with Gasteiger partial charge in [-0.25, -0.2) is 9.78 Å². The van der Waals surface area contributed by atoms with Crippen LogP contribution in [0, 0.1) is 6.92 Å². The van der Waals surface area contributed by atoms with Crippen molar-refractivity contribution >= 4 is 16.9 Å². The fourth-order valence-electron chi connectivity index (χ4n) is 2.81. The average molecular weight is 321 g/mol. The van der Waals surface area contributed by atoms with Gasteiger partial charge in [0.15, 0.2) is 11.5 Å². The lowest BCUT2D eigenvalue weighted by Crippen LogP contribution is -2.15. The number of fused-ring (bicyclic) bond motifs is 2. The van der Waals surface area contributed by atoms with E-state index in [2.05, 4.69) is 4.98 Å². The highest BCUT2D eigenvalue weighted by Crippen LogP contribution is 2.36. The number of carbonyl (C=O) groups is 1. The van der Waals surface area contributed by atoms with Crippen molar-refractivity contribution in [3.63, 3.8) is 0 Å². The number of aromatic nitrogens is 1. The zero-order valence-corrected chi connectivity index (χ0v) is 13.1. The van der Waals surface area contributed by atoms with E-state index < -0.39 is 5.97 Å². The van der Waals surface area contributed by atoms with Crippen LogP contribution >= 0.6 is 0 Å². The van der Waals surface area contributed by atoms with E-state index in [1.807, 2.05) is 31.2 Å². The number of ether oxygens (including phenoxy) is 2. The number of carboxylic acids is 1. The molecule has 4 rings (SSSR count). The Kier molecular flexibility index (Phi) is 3.34. The quantitative estimate of drug-likeness (QED) is 0.780. The third-order valence-corrected chi connectivity index (χ3v) is 4.05. The molecular weight excluding hydrogens is 306 g/mol. The number of nitrogens with zero attached hydrogens (tertiary/aromatic N) is 1. The number of aromatic carboxylic acids is 1. The van der Waals surface area contributed by atoms with E-state index in [9.17, 15) is 9.90 Å². The molecule has 24 heavy (non-hydrogen) atoms.